The van der Waals surface area contributed by atoms with Gasteiger partial charge in [0.15, 0.2) is 0 Å². The van der Waals surface area contributed by atoms with Crippen molar-refractivity contribution in [2.75, 3.05) is 0 Å². The Labute approximate surface area is 105 Å². The number of rotatable bonds is 4. The van der Waals surface area contributed by atoms with Crippen LogP contribution in [-0.2, 0) is 6.42 Å². The van der Waals surface area contributed by atoms with E-state index in [1.165, 1.54) is 30.4 Å². The van der Waals surface area contributed by atoms with E-state index in [4.69, 9.17) is 5.84 Å². The summed E-state index contributed by atoms with van der Waals surface area (Å²) in [6.07, 6.45) is 5.06. The van der Waals surface area contributed by atoms with E-state index >= 15 is 0 Å². The van der Waals surface area contributed by atoms with Gasteiger partial charge in [0.25, 0.3) is 0 Å². The molecule has 0 bridgehead atoms. The highest BCUT2D eigenvalue weighted by molar-refractivity contribution is 5.26. The van der Waals surface area contributed by atoms with E-state index in [0.29, 0.717) is 6.04 Å². The molecule has 2 nitrogen and oxygen atoms in total. The van der Waals surface area contributed by atoms with Crippen LogP contribution in [0.5, 0.6) is 0 Å². The van der Waals surface area contributed by atoms with Crippen molar-refractivity contribution in [1.82, 2.24) is 5.43 Å². The third-order valence-electron chi connectivity index (χ3n) is 4.22. The molecule has 2 heteroatoms. The topological polar surface area (TPSA) is 38.0 Å². The van der Waals surface area contributed by atoms with Gasteiger partial charge in [-0.1, -0.05) is 37.6 Å². The first-order chi connectivity index (χ1) is 8.20. The van der Waals surface area contributed by atoms with Crippen molar-refractivity contribution in [3.63, 3.8) is 0 Å². The Balaban J connectivity index is 2.03. The van der Waals surface area contributed by atoms with Gasteiger partial charge >= 0.3 is 0 Å². The van der Waals surface area contributed by atoms with Gasteiger partial charge in [0.1, 0.15) is 0 Å². The largest absolute Gasteiger partial charge is 0.271 e. The third-order valence-corrected chi connectivity index (χ3v) is 4.22. The molecule has 1 aliphatic rings. The summed E-state index contributed by atoms with van der Waals surface area (Å²) in [5.41, 5.74) is 5.84. The molecule has 1 aromatic rings. The summed E-state index contributed by atoms with van der Waals surface area (Å²) >= 11 is 0. The summed E-state index contributed by atoms with van der Waals surface area (Å²) in [4.78, 5) is 0. The van der Waals surface area contributed by atoms with Gasteiger partial charge in [-0.3, -0.25) is 11.3 Å². The lowest BCUT2D eigenvalue weighted by molar-refractivity contribution is 0.352. The average Bonchev–Trinajstić information content (AvgIpc) is 2.75. The SMILES string of the molecule is Cc1ccccc1CC(NN)C1CCC(C)C1. The first kappa shape index (κ1) is 12.6. The molecule has 3 unspecified atom stereocenters. The molecule has 0 spiro atoms. The second kappa shape index (κ2) is 5.65. The van der Waals surface area contributed by atoms with Gasteiger partial charge in [0.05, 0.1) is 0 Å². The molecule has 1 aliphatic carbocycles. The molecule has 1 saturated carbocycles. The van der Waals surface area contributed by atoms with Crippen molar-refractivity contribution < 1.29 is 0 Å². The molecule has 0 saturated heterocycles. The van der Waals surface area contributed by atoms with Crippen LogP contribution in [0.15, 0.2) is 24.3 Å². The maximum atomic E-state index is 5.75. The zero-order valence-electron chi connectivity index (χ0n) is 10.9. The fourth-order valence-electron chi connectivity index (χ4n) is 3.05. The minimum absolute atomic E-state index is 0.432. The molecule has 0 aliphatic heterocycles. The number of benzene rings is 1. The molecule has 0 amide bonds. The maximum absolute atomic E-state index is 5.75. The van der Waals surface area contributed by atoms with E-state index in [1.54, 1.807) is 0 Å². The second-order valence-corrected chi connectivity index (χ2v) is 5.58. The van der Waals surface area contributed by atoms with Crippen LogP contribution in [0.25, 0.3) is 0 Å². The highest BCUT2D eigenvalue weighted by atomic mass is 15.2. The molecule has 0 radical (unpaired) electrons. The van der Waals surface area contributed by atoms with Crippen LogP contribution in [0.3, 0.4) is 0 Å². The Morgan fingerprint density at radius 3 is 2.71 bits per heavy atom. The van der Waals surface area contributed by atoms with E-state index in [1.807, 2.05) is 0 Å². The van der Waals surface area contributed by atoms with E-state index in [0.717, 1.165) is 18.3 Å². The number of aryl methyl sites for hydroxylation is 1. The van der Waals surface area contributed by atoms with Gasteiger partial charge in [-0.2, -0.15) is 0 Å². The minimum atomic E-state index is 0.432. The Hall–Kier alpha value is -0.860. The smallest absolute Gasteiger partial charge is 0.0279 e. The summed E-state index contributed by atoms with van der Waals surface area (Å²) < 4.78 is 0. The Bertz CT molecular complexity index is 362. The van der Waals surface area contributed by atoms with Gasteiger partial charge in [-0.15, -0.1) is 0 Å². The number of hydrazine groups is 1. The van der Waals surface area contributed by atoms with E-state index < -0.39 is 0 Å². The first-order valence-corrected chi connectivity index (χ1v) is 6.71. The molecular formula is C15H24N2. The molecule has 3 atom stereocenters. The van der Waals surface area contributed by atoms with Crippen LogP contribution in [0, 0.1) is 18.8 Å². The average molecular weight is 232 g/mol. The Morgan fingerprint density at radius 1 is 1.35 bits per heavy atom. The molecule has 17 heavy (non-hydrogen) atoms. The van der Waals surface area contributed by atoms with Gasteiger partial charge < -0.3 is 0 Å². The zero-order valence-corrected chi connectivity index (χ0v) is 10.9. The van der Waals surface area contributed by atoms with Crippen LogP contribution in [-0.4, -0.2) is 6.04 Å². The van der Waals surface area contributed by atoms with Gasteiger partial charge in [0, 0.05) is 6.04 Å². The molecule has 3 N–H and O–H groups in total. The van der Waals surface area contributed by atoms with Crippen molar-refractivity contribution in [3.8, 4) is 0 Å². The second-order valence-electron chi connectivity index (χ2n) is 5.58. The Kier molecular flexibility index (Phi) is 4.19. The fraction of sp³-hybridized carbons (Fsp3) is 0.600. The van der Waals surface area contributed by atoms with Crippen molar-refractivity contribution >= 4 is 0 Å². The lowest BCUT2D eigenvalue weighted by Crippen LogP contribution is -2.41. The summed E-state index contributed by atoms with van der Waals surface area (Å²) in [7, 11) is 0. The number of hydrogen-bond donors (Lipinski definition) is 2. The van der Waals surface area contributed by atoms with Crippen molar-refractivity contribution in [2.45, 2.75) is 45.6 Å². The van der Waals surface area contributed by atoms with E-state index in [9.17, 15) is 0 Å². The van der Waals surface area contributed by atoms with E-state index in [-0.39, 0.29) is 0 Å². The summed E-state index contributed by atoms with van der Waals surface area (Å²) in [6, 6.07) is 9.05. The zero-order chi connectivity index (χ0) is 12.3. The molecule has 1 fully saturated rings. The number of nitrogens with one attached hydrogen (secondary N) is 1. The first-order valence-electron chi connectivity index (χ1n) is 6.71. The van der Waals surface area contributed by atoms with Crippen LogP contribution < -0.4 is 11.3 Å². The van der Waals surface area contributed by atoms with Crippen LogP contribution in [0.2, 0.25) is 0 Å². The fourth-order valence-corrected chi connectivity index (χ4v) is 3.05. The summed E-state index contributed by atoms with van der Waals surface area (Å²) in [6.45, 7) is 4.53. The highest BCUT2D eigenvalue weighted by Gasteiger charge is 2.28. The van der Waals surface area contributed by atoms with Gasteiger partial charge in [-0.25, -0.2) is 0 Å². The predicted molar refractivity (Wildman–Crippen MR) is 72.5 cm³/mol. The highest BCUT2D eigenvalue weighted by Crippen LogP contribution is 2.33. The summed E-state index contributed by atoms with van der Waals surface area (Å²) in [5.74, 6) is 7.36. The predicted octanol–water partition coefficient (Wildman–Crippen LogP) is 2.81. The summed E-state index contributed by atoms with van der Waals surface area (Å²) in [5, 5.41) is 0. The molecule has 1 aromatic carbocycles. The van der Waals surface area contributed by atoms with Crippen molar-refractivity contribution in [2.24, 2.45) is 17.7 Å². The van der Waals surface area contributed by atoms with Crippen LogP contribution >= 0.6 is 0 Å². The van der Waals surface area contributed by atoms with E-state index in [2.05, 4.69) is 43.5 Å². The number of nitrogens with two attached hydrogens (primary N) is 1. The lowest BCUT2D eigenvalue weighted by Gasteiger charge is -2.23. The monoisotopic (exact) mass is 232 g/mol. The quantitative estimate of drug-likeness (QED) is 0.619. The van der Waals surface area contributed by atoms with Crippen molar-refractivity contribution in [1.29, 1.82) is 0 Å². The number of hydrogen-bond acceptors (Lipinski definition) is 2. The lowest BCUT2D eigenvalue weighted by atomic mass is 9.90. The third kappa shape index (κ3) is 3.08. The normalized spacial score (nSPS) is 26.1. The molecule has 94 valence electrons. The van der Waals surface area contributed by atoms with Crippen molar-refractivity contribution in [3.05, 3.63) is 35.4 Å². The molecule has 2 rings (SSSR count). The molecule has 0 heterocycles. The maximum Gasteiger partial charge on any atom is 0.0279 e. The minimum Gasteiger partial charge on any atom is -0.271 e. The van der Waals surface area contributed by atoms with Gasteiger partial charge in [-0.05, 0) is 49.1 Å². The molecular weight excluding hydrogens is 208 g/mol. The van der Waals surface area contributed by atoms with Crippen LogP contribution in [0.4, 0.5) is 0 Å². The standard InChI is InChI=1S/C15H24N2/c1-11-7-8-14(9-11)15(17-16)10-13-6-4-3-5-12(13)2/h3-6,11,14-15,17H,7-10,16H2,1-2H3. The van der Waals surface area contributed by atoms with Gasteiger partial charge in [0.2, 0.25) is 0 Å². The molecule has 0 aromatic heterocycles. The van der Waals surface area contributed by atoms with Crippen LogP contribution in [0.1, 0.15) is 37.3 Å². The Morgan fingerprint density at radius 2 is 2.12 bits per heavy atom.